The van der Waals surface area contributed by atoms with Gasteiger partial charge in [-0.05, 0) is 6.92 Å². The zero-order valence-electron chi connectivity index (χ0n) is 9.73. The van der Waals surface area contributed by atoms with Gasteiger partial charge in [-0.1, -0.05) is 0 Å². The van der Waals surface area contributed by atoms with E-state index in [-0.39, 0.29) is 29.6 Å². The van der Waals surface area contributed by atoms with E-state index in [2.05, 4.69) is 36.2 Å². The van der Waals surface area contributed by atoms with Crippen LogP contribution in [-0.2, 0) is 10.1 Å². The predicted octanol–water partition coefficient (Wildman–Crippen LogP) is -2.26. The molecule has 17 heavy (non-hydrogen) atoms. The molecule has 0 aliphatic carbocycles. The smallest absolute Gasteiger partial charge is 0.741 e. The molecule has 0 saturated carbocycles. The summed E-state index contributed by atoms with van der Waals surface area (Å²) in [7, 11) is -4.01. The molecule has 0 aromatic heterocycles. The van der Waals surface area contributed by atoms with Gasteiger partial charge in [0, 0.05) is 26.0 Å². The summed E-state index contributed by atoms with van der Waals surface area (Å²) in [5.41, 5.74) is -5.65. The van der Waals surface area contributed by atoms with Gasteiger partial charge in [0.15, 0.2) is 10.1 Å². The molecule has 0 radical (unpaired) electrons. The summed E-state index contributed by atoms with van der Waals surface area (Å²) in [4.78, 5) is 4.41. The summed E-state index contributed by atoms with van der Waals surface area (Å²) < 4.78 is 58.9. The Bertz CT molecular complexity index is 345. The minimum Gasteiger partial charge on any atom is -0.741 e. The van der Waals surface area contributed by atoms with E-state index in [4.69, 9.17) is 13.0 Å². The van der Waals surface area contributed by atoms with E-state index in [0.29, 0.717) is 0 Å². The summed E-state index contributed by atoms with van der Waals surface area (Å²) in [6, 6.07) is 0. The average molecular weight is 284 g/mol. The molecule has 0 saturated heterocycles. The van der Waals surface area contributed by atoms with Gasteiger partial charge in [-0.15, -0.1) is 0 Å². The van der Waals surface area contributed by atoms with E-state index in [0.717, 1.165) is 13.2 Å². The van der Waals surface area contributed by atoms with Gasteiger partial charge in [-0.25, -0.2) is 8.42 Å². The van der Waals surface area contributed by atoms with Gasteiger partial charge in [0.2, 0.25) is 0 Å². The Labute approximate surface area is 120 Å². The number of rotatable bonds is 1. The van der Waals surface area contributed by atoms with Crippen molar-refractivity contribution in [2.75, 3.05) is 20.3 Å². The molecule has 0 aromatic carbocycles. The Morgan fingerprint density at radius 3 is 1.88 bits per heavy atom. The first kappa shape index (κ1) is 19.4. The minimum absolute atomic E-state index is 0. The largest absolute Gasteiger partial charge is 1.00 e. The monoisotopic (exact) mass is 284 g/mol. The van der Waals surface area contributed by atoms with Crippen molar-refractivity contribution >= 4 is 10.1 Å². The second-order valence-electron chi connectivity index (χ2n) is 3.00. The van der Waals surface area contributed by atoms with Gasteiger partial charge in [-0.2, -0.15) is 13.2 Å². The standard InChI is InChI=1S/C6H12N2.CHF3O3S.Na/c1-3-8-5-4-7(2)6-8;2-1(3,4)8(5,6)7;/h4-5H,3,6H2,1-2H3;(H,5,6,7);/q;;+1/p-1. The fraction of sp³-hybridized carbons (Fsp3) is 0.714. The third kappa shape index (κ3) is 7.87. The van der Waals surface area contributed by atoms with Gasteiger partial charge >= 0.3 is 35.1 Å². The van der Waals surface area contributed by atoms with E-state index >= 15 is 0 Å². The summed E-state index contributed by atoms with van der Waals surface area (Å²) >= 11 is 0. The van der Waals surface area contributed by atoms with Crippen LogP contribution < -0.4 is 29.6 Å². The molecule has 1 heterocycles. The van der Waals surface area contributed by atoms with Crippen LogP contribution in [-0.4, -0.2) is 48.5 Å². The Morgan fingerprint density at radius 1 is 1.35 bits per heavy atom. The molecule has 96 valence electrons. The fourth-order valence-electron chi connectivity index (χ4n) is 0.794. The molecule has 0 bridgehead atoms. The maximum atomic E-state index is 10.7. The van der Waals surface area contributed by atoms with Crippen LogP contribution >= 0.6 is 0 Å². The molecule has 0 spiro atoms. The maximum absolute atomic E-state index is 10.7. The maximum Gasteiger partial charge on any atom is 1.00 e. The summed E-state index contributed by atoms with van der Waals surface area (Å²) in [6.07, 6.45) is 4.20. The first-order valence-corrected chi connectivity index (χ1v) is 5.63. The van der Waals surface area contributed by atoms with Crippen molar-refractivity contribution in [2.24, 2.45) is 0 Å². The SMILES string of the molecule is CCN1C=CN(C)C1.O=S(=O)([O-])C(F)(F)F.[Na+]. The van der Waals surface area contributed by atoms with Gasteiger partial charge in [0.25, 0.3) is 0 Å². The molecule has 5 nitrogen and oxygen atoms in total. The molecule has 0 atom stereocenters. The van der Waals surface area contributed by atoms with E-state index in [1.165, 1.54) is 0 Å². The molecule has 10 heteroatoms. The zero-order chi connectivity index (χ0) is 13.0. The summed E-state index contributed by atoms with van der Waals surface area (Å²) in [5.74, 6) is 0. The number of alkyl halides is 3. The van der Waals surface area contributed by atoms with Crippen LogP contribution in [0.3, 0.4) is 0 Å². The summed E-state index contributed by atoms with van der Waals surface area (Å²) in [6.45, 7) is 4.32. The predicted molar refractivity (Wildman–Crippen MR) is 49.9 cm³/mol. The van der Waals surface area contributed by atoms with Gasteiger partial charge in [0.05, 0.1) is 6.67 Å². The van der Waals surface area contributed by atoms with E-state index in [1.807, 2.05) is 0 Å². The minimum atomic E-state index is -6.09. The van der Waals surface area contributed by atoms with E-state index in [1.54, 1.807) is 0 Å². The van der Waals surface area contributed by atoms with Crippen LogP contribution in [0.5, 0.6) is 0 Å². The van der Waals surface area contributed by atoms with Crippen LogP contribution in [0.15, 0.2) is 12.4 Å². The third-order valence-corrected chi connectivity index (χ3v) is 2.19. The number of hydrogen-bond donors (Lipinski definition) is 0. The topological polar surface area (TPSA) is 63.7 Å². The molecule has 0 aromatic rings. The first-order chi connectivity index (χ1) is 7.08. The molecular formula is C7H12F3N2NaO3S. The van der Waals surface area contributed by atoms with Gasteiger partial charge < -0.3 is 14.4 Å². The van der Waals surface area contributed by atoms with Crippen LogP contribution in [0.2, 0.25) is 0 Å². The quantitative estimate of drug-likeness (QED) is 0.309. The van der Waals surface area contributed by atoms with Crippen LogP contribution in [0.4, 0.5) is 13.2 Å². The fourth-order valence-corrected chi connectivity index (χ4v) is 0.794. The molecule has 1 aliphatic rings. The van der Waals surface area contributed by atoms with Crippen LogP contribution in [0.1, 0.15) is 6.92 Å². The third-order valence-electron chi connectivity index (χ3n) is 1.63. The average Bonchev–Trinajstić information content (AvgIpc) is 2.48. The van der Waals surface area contributed by atoms with Crippen molar-refractivity contribution in [3.8, 4) is 0 Å². The second-order valence-corrected chi connectivity index (χ2v) is 4.37. The van der Waals surface area contributed by atoms with Crippen molar-refractivity contribution in [3.05, 3.63) is 12.4 Å². The second kappa shape index (κ2) is 7.47. The van der Waals surface area contributed by atoms with Crippen LogP contribution in [0.25, 0.3) is 0 Å². The molecule has 0 N–H and O–H groups in total. The van der Waals surface area contributed by atoms with E-state index in [9.17, 15) is 13.2 Å². The molecular weight excluding hydrogens is 272 g/mol. The normalized spacial score (nSPS) is 15.2. The zero-order valence-corrected chi connectivity index (χ0v) is 12.5. The first-order valence-electron chi connectivity index (χ1n) is 4.22. The molecule has 0 unspecified atom stereocenters. The summed E-state index contributed by atoms with van der Waals surface area (Å²) in [5, 5.41) is 0. The molecule has 1 rings (SSSR count). The Balaban J connectivity index is 0. The van der Waals surface area contributed by atoms with Crippen molar-refractivity contribution in [1.82, 2.24) is 9.80 Å². The Morgan fingerprint density at radius 2 is 1.76 bits per heavy atom. The molecule has 1 aliphatic heterocycles. The van der Waals surface area contributed by atoms with Gasteiger partial charge in [-0.3, -0.25) is 0 Å². The number of halogens is 3. The van der Waals surface area contributed by atoms with Crippen molar-refractivity contribution in [2.45, 2.75) is 12.4 Å². The van der Waals surface area contributed by atoms with Crippen molar-refractivity contribution in [1.29, 1.82) is 0 Å². The number of nitrogens with zero attached hydrogens (tertiary/aromatic N) is 2. The molecule has 0 fully saturated rings. The van der Waals surface area contributed by atoms with Crippen molar-refractivity contribution < 1.29 is 55.7 Å². The van der Waals surface area contributed by atoms with Gasteiger partial charge in [0.1, 0.15) is 0 Å². The van der Waals surface area contributed by atoms with Crippen LogP contribution in [0, 0.1) is 0 Å². The Kier molecular flexibility index (Phi) is 8.52. The Hall–Kier alpha value is 0.0400. The van der Waals surface area contributed by atoms with E-state index < -0.39 is 15.6 Å². The molecule has 0 amide bonds. The van der Waals surface area contributed by atoms with Crippen molar-refractivity contribution in [3.63, 3.8) is 0 Å². The number of hydrogen-bond acceptors (Lipinski definition) is 5.